The molecular formula is C15H24N2O2. The average Bonchev–Trinajstić information content (AvgIpc) is 2.69. The Kier molecular flexibility index (Phi) is 4.02. The zero-order valence-corrected chi connectivity index (χ0v) is 12.3. The van der Waals surface area contributed by atoms with E-state index < -0.39 is 5.79 Å². The largest absolute Gasteiger partial charge is 0.399 e. The second kappa shape index (κ2) is 5.39. The van der Waals surface area contributed by atoms with Gasteiger partial charge in [-0.15, -0.1) is 0 Å². The minimum absolute atomic E-state index is 0.187. The number of hydrogen-bond acceptors (Lipinski definition) is 4. The summed E-state index contributed by atoms with van der Waals surface area (Å²) in [6.07, 6.45) is 1.15. The van der Waals surface area contributed by atoms with Crippen LogP contribution in [-0.4, -0.2) is 32.1 Å². The van der Waals surface area contributed by atoms with Crippen molar-refractivity contribution in [3.63, 3.8) is 0 Å². The zero-order chi connectivity index (χ0) is 14.0. The van der Waals surface area contributed by atoms with E-state index in [1.807, 2.05) is 26.8 Å². The molecule has 1 heterocycles. The molecule has 1 fully saturated rings. The first-order valence-corrected chi connectivity index (χ1v) is 6.76. The van der Waals surface area contributed by atoms with Crippen molar-refractivity contribution in [1.29, 1.82) is 0 Å². The minimum atomic E-state index is -0.430. The third-order valence-corrected chi connectivity index (χ3v) is 3.55. The monoisotopic (exact) mass is 264 g/mol. The minimum Gasteiger partial charge on any atom is -0.399 e. The molecule has 1 atom stereocenters. The molecule has 1 aromatic carbocycles. The van der Waals surface area contributed by atoms with Crippen molar-refractivity contribution in [1.82, 2.24) is 0 Å². The maximum absolute atomic E-state index is 5.84. The summed E-state index contributed by atoms with van der Waals surface area (Å²) in [5, 5.41) is 0. The van der Waals surface area contributed by atoms with E-state index in [0.29, 0.717) is 6.61 Å². The number of nitrogens with zero attached hydrogens (tertiary/aromatic N) is 1. The first-order valence-electron chi connectivity index (χ1n) is 6.76. The predicted octanol–water partition coefficient (Wildman–Crippen LogP) is 2.56. The highest BCUT2D eigenvalue weighted by Crippen LogP contribution is 2.25. The van der Waals surface area contributed by atoms with Crippen LogP contribution in [0.1, 0.15) is 25.8 Å². The molecular weight excluding hydrogens is 240 g/mol. The molecule has 4 heteroatoms. The Morgan fingerprint density at radius 3 is 2.74 bits per heavy atom. The summed E-state index contributed by atoms with van der Waals surface area (Å²) >= 11 is 0. The SMILES string of the molecule is Cc1cc(N(C)CCC2COC(C)(C)O2)ccc1N. The number of nitrogen functional groups attached to an aromatic ring is 1. The molecule has 1 saturated heterocycles. The van der Waals surface area contributed by atoms with Gasteiger partial charge in [-0.1, -0.05) is 0 Å². The first kappa shape index (κ1) is 14.2. The lowest BCUT2D eigenvalue weighted by Gasteiger charge is -2.22. The molecule has 0 saturated carbocycles. The molecule has 0 amide bonds. The van der Waals surface area contributed by atoms with Crippen LogP contribution in [0.2, 0.25) is 0 Å². The van der Waals surface area contributed by atoms with Crippen molar-refractivity contribution in [2.24, 2.45) is 0 Å². The molecule has 2 N–H and O–H groups in total. The van der Waals surface area contributed by atoms with Crippen LogP contribution in [0, 0.1) is 6.92 Å². The van der Waals surface area contributed by atoms with Gasteiger partial charge in [-0.05, 0) is 51.0 Å². The normalized spacial score (nSPS) is 21.6. The lowest BCUT2D eigenvalue weighted by atomic mass is 10.1. The van der Waals surface area contributed by atoms with E-state index >= 15 is 0 Å². The van der Waals surface area contributed by atoms with Crippen LogP contribution in [0.4, 0.5) is 11.4 Å². The number of rotatable bonds is 4. The molecule has 0 radical (unpaired) electrons. The zero-order valence-electron chi connectivity index (χ0n) is 12.3. The molecule has 1 unspecified atom stereocenters. The van der Waals surface area contributed by atoms with Crippen molar-refractivity contribution >= 4 is 11.4 Å². The van der Waals surface area contributed by atoms with Gasteiger partial charge in [0.05, 0.1) is 12.7 Å². The molecule has 1 aromatic rings. The van der Waals surface area contributed by atoms with Crippen molar-refractivity contribution in [2.45, 2.75) is 39.1 Å². The van der Waals surface area contributed by atoms with Crippen molar-refractivity contribution in [3.05, 3.63) is 23.8 Å². The predicted molar refractivity (Wildman–Crippen MR) is 78.4 cm³/mol. The molecule has 0 spiro atoms. The molecule has 1 aliphatic heterocycles. The number of ether oxygens (including phenoxy) is 2. The average molecular weight is 264 g/mol. The van der Waals surface area contributed by atoms with Gasteiger partial charge in [0.1, 0.15) is 0 Å². The number of anilines is 2. The Hall–Kier alpha value is -1.26. The lowest BCUT2D eigenvalue weighted by Crippen LogP contribution is -2.26. The van der Waals surface area contributed by atoms with Crippen molar-refractivity contribution < 1.29 is 9.47 Å². The van der Waals surface area contributed by atoms with Gasteiger partial charge < -0.3 is 20.1 Å². The number of nitrogens with two attached hydrogens (primary N) is 1. The number of aryl methyl sites for hydroxylation is 1. The fourth-order valence-electron chi connectivity index (χ4n) is 2.27. The van der Waals surface area contributed by atoms with Crippen molar-refractivity contribution in [2.75, 3.05) is 30.8 Å². The van der Waals surface area contributed by atoms with E-state index in [1.165, 1.54) is 5.69 Å². The Bertz CT molecular complexity index is 446. The smallest absolute Gasteiger partial charge is 0.163 e. The van der Waals surface area contributed by atoms with E-state index in [9.17, 15) is 0 Å². The Balaban J connectivity index is 1.87. The maximum atomic E-state index is 5.84. The van der Waals surface area contributed by atoms with Gasteiger partial charge in [-0.3, -0.25) is 0 Å². The second-order valence-electron chi connectivity index (χ2n) is 5.70. The third-order valence-electron chi connectivity index (χ3n) is 3.55. The molecule has 0 bridgehead atoms. The van der Waals surface area contributed by atoms with E-state index in [0.717, 1.165) is 24.2 Å². The van der Waals surface area contributed by atoms with Gasteiger partial charge in [0.2, 0.25) is 0 Å². The summed E-state index contributed by atoms with van der Waals surface area (Å²) in [6.45, 7) is 7.57. The third kappa shape index (κ3) is 3.61. The van der Waals surface area contributed by atoms with Gasteiger partial charge in [0.15, 0.2) is 5.79 Å². The number of benzene rings is 1. The molecule has 2 rings (SSSR count). The van der Waals surface area contributed by atoms with Crippen LogP contribution in [0.5, 0.6) is 0 Å². The van der Waals surface area contributed by atoms with Crippen LogP contribution >= 0.6 is 0 Å². The fraction of sp³-hybridized carbons (Fsp3) is 0.600. The van der Waals surface area contributed by atoms with Crippen LogP contribution in [-0.2, 0) is 9.47 Å². The van der Waals surface area contributed by atoms with Crippen LogP contribution in [0.3, 0.4) is 0 Å². The Morgan fingerprint density at radius 2 is 2.16 bits per heavy atom. The summed E-state index contributed by atoms with van der Waals surface area (Å²) in [6, 6.07) is 6.13. The van der Waals surface area contributed by atoms with E-state index in [-0.39, 0.29) is 6.10 Å². The summed E-state index contributed by atoms with van der Waals surface area (Å²) in [7, 11) is 2.09. The van der Waals surface area contributed by atoms with Gasteiger partial charge in [0.25, 0.3) is 0 Å². The molecule has 106 valence electrons. The highest BCUT2D eigenvalue weighted by atomic mass is 16.7. The molecule has 4 nitrogen and oxygen atoms in total. The molecule has 0 aromatic heterocycles. The van der Waals surface area contributed by atoms with Gasteiger partial charge in [0, 0.05) is 25.0 Å². The summed E-state index contributed by atoms with van der Waals surface area (Å²) in [5.74, 6) is -0.430. The quantitative estimate of drug-likeness (QED) is 0.849. The van der Waals surface area contributed by atoms with Crippen LogP contribution in [0.15, 0.2) is 18.2 Å². The van der Waals surface area contributed by atoms with Crippen molar-refractivity contribution in [3.8, 4) is 0 Å². The summed E-state index contributed by atoms with van der Waals surface area (Å²) in [5.41, 5.74) is 8.98. The van der Waals surface area contributed by atoms with Crippen LogP contribution in [0.25, 0.3) is 0 Å². The van der Waals surface area contributed by atoms with Gasteiger partial charge in [-0.2, -0.15) is 0 Å². The second-order valence-corrected chi connectivity index (χ2v) is 5.70. The summed E-state index contributed by atoms with van der Waals surface area (Å²) < 4.78 is 11.4. The van der Waals surface area contributed by atoms with E-state index in [1.54, 1.807) is 0 Å². The Labute approximate surface area is 115 Å². The number of hydrogen-bond donors (Lipinski definition) is 1. The maximum Gasteiger partial charge on any atom is 0.163 e. The van der Waals surface area contributed by atoms with Gasteiger partial charge in [-0.25, -0.2) is 0 Å². The standard InChI is InChI=1S/C15H24N2O2/c1-11-9-12(5-6-14(11)16)17(4)8-7-13-10-18-15(2,3)19-13/h5-6,9,13H,7-8,10,16H2,1-4H3. The summed E-state index contributed by atoms with van der Waals surface area (Å²) in [4.78, 5) is 2.22. The molecule has 19 heavy (non-hydrogen) atoms. The fourth-order valence-corrected chi connectivity index (χ4v) is 2.27. The lowest BCUT2D eigenvalue weighted by molar-refractivity contribution is -0.138. The Morgan fingerprint density at radius 1 is 1.42 bits per heavy atom. The van der Waals surface area contributed by atoms with Crippen LogP contribution < -0.4 is 10.6 Å². The highest BCUT2D eigenvalue weighted by Gasteiger charge is 2.32. The molecule has 1 aliphatic rings. The van der Waals surface area contributed by atoms with E-state index in [4.69, 9.17) is 15.2 Å². The first-order chi connectivity index (χ1) is 8.87. The molecule has 0 aliphatic carbocycles. The highest BCUT2D eigenvalue weighted by molar-refractivity contribution is 5.57. The van der Waals surface area contributed by atoms with Gasteiger partial charge >= 0.3 is 0 Å². The topological polar surface area (TPSA) is 47.7 Å². The van der Waals surface area contributed by atoms with E-state index in [2.05, 4.69) is 24.1 Å².